The molecule has 1 heterocycles. The summed E-state index contributed by atoms with van der Waals surface area (Å²) in [5.41, 5.74) is 1.14. The largest absolute Gasteiger partial charge is 0.444 e. The van der Waals surface area contributed by atoms with Gasteiger partial charge in [-0.25, -0.2) is 4.79 Å². The summed E-state index contributed by atoms with van der Waals surface area (Å²) in [6.07, 6.45) is -0.428. The van der Waals surface area contributed by atoms with Crippen LogP contribution < -0.4 is 5.32 Å². The Kier molecular flexibility index (Phi) is 4.14. The molecular weight excluding hydrogens is 236 g/mol. The van der Waals surface area contributed by atoms with Crippen molar-refractivity contribution in [2.45, 2.75) is 53.1 Å². The smallest absolute Gasteiger partial charge is 0.412 e. The molecule has 0 unspecified atom stereocenters. The van der Waals surface area contributed by atoms with E-state index in [1.54, 1.807) is 0 Å². The van der Waals surface area contributed by atoms with Crippen molar-refractivity contribution >= 4 is 23.3 Å². The Bertz CT molecular complexity index is 405. The molecule has 0 aliphatic rings. The number of hydrogen-bond acceptors (Lipinski definition) is 4. The third-order valence-corrected chi connectivity index (χ3v) is 3.28. The number of amides is 1. The minimum atomic E-state index is -0.487. The molecule has 0 aromatic carbocycles. The van der Waals surface area contributed by atoms with Crippen molar-refractivity contribution in [3.05, 3.63) is 10.6 Å². The summed E-state index contributed by atoms with van der Waals surface area (Å²) in [6.45, 7) is 11.6. The van der Waals surface area contributed by atoms with Crippen LogP contribution in [0.25, 0.3) is 0 Å². The van der Waals surface area contributed by atoms with Gasteiger partial charge < -0.3 is 4.74 Å². The number of carbonyl (C=O) groups excluding carboxylic acids is 1. The van der Waals surface area contributed by atoms with E-state index in [0.29, 0.717) is 5.92 Å². The molecule has 5 heteroatoms. The van der Waals surface area contributed by atoms with Crippen LogP contribution >= 0.6 is 11.5 Å². The first-order valence-corrected chi connectivity index (χ1v) is 6.44. The van der Waals surface area contributed by atoms with Gasteiger partial charge in [0, 0.05) is 0 Å². The molecule has 0 saturated heterocycles. The normalized spacial score (nSPS) is 11.7. The predicted octanol–water partition coefficient (Wildman–Crippen LogP) is 3.92. The fraction of sp³-hybridized carbons (Fsp3) is 0.667. The van der Waals surface area contributed by atoms with Gasteiger partial charge in [0.05, 0.1) is 16.3 Å². The Labute approximate surface area is 107 Å². The number of hydrogen-bond donors (Lipinski definition) is 1. The quantitative estimate of drug-likeness (QED) is 0.872. The van der Waals surface area contributed by atoms with Gasteiger partial charge in [-0.1, -0.05) is 13.8 Å². The Morgan fingerprint density at radius 2 is 2.00 bits per heavy atom. The van der Waals surface area contributed by atoms with Crippen molar-refractivity contribution in [3.8, 4) is 0 Å². The van der Waals surface area contributed by atoms with Crippen LogP contribution in [0.4, 0.5) is 10.5 Å². The van der Waals surface area contributed by atoms with Gasteiger partial charge in [0.2, 0.25) is 0 Å². The second-order valence-corrected chi connectivity index (χ2v) is 6.09. The summed E-state index contributed by atoms with van der Waals surface area (Å²) in [4.78, 5) is 12.8. The summed E-state index contributed by atoms with van der Waals surface area (Å²) in [6, 6.07) is 0. The molecule has 0 fully saturated rings. The third-order valence-electron chi connectivity index (χ3n) is 2.04. The average molecular weight is 256 g/mol. The van der Waals surface area contributed by atoms with Gasteiger partial charge in [-0.15, -0.1) is 0 Å². The number of ether oxygens (including phenoxy) is 1. The van der Waals surface area contributed by atoms with Crippen molar-refractivity contribution in [3.63, 3.8) is 0 Å². The Hall–Kier alpha value is -1.10. The molecule has 0 radical (unpaired) electrons. The molecule has 0 aliphatic heterocycles. The predicted molar refractivity (Wildman–Crippen MR) is 70.8 cm³/mol. The van der Waals surface area contributed by atoms with E-state index in [1.807, 2.05) is 27.7 Å². The zero-order chi connectivity index (χ0) is 13.2. The molecular formula is C12H20N2O2S. The van der Waals surface area contributed by atoms with Crippen LogP contribution in [0.15, 0.2) is 0 Å². The monoisotopic (exact) mass is 256 g/mol. The standard InChI is InChI=1S/C12H20N2O2S/c1-7(2)10-9(8(3)14-17-10)13-11(15)16-12(4,5)6/h7H,1-6H3,(H,13,15). The van der Waals surface area contributed by atoms with Crippen molar-refractivity contribution in [2.24, 2.45) is 0 Å². The lowest BCUT2D eigenvalue weighted by Gasteiger charge is -2.20. The molecule has 0 saturated carbocycles. The van der Waals surface area contributed by atoms with Crippen molar-refractivity contribution < 1.29 is 9.53 Å². The minimum absolute atomic E-state index is 0.339. The van der Waals surface area contributed by atoms with Crippen LogP contribution in [0, 0.1) is 6.92 Å². The Morgan fingerprint density at radius 3 is 2.47 bits per heavy atom. The highest BCUT2D eigenvalue weighted by Gasteiger charge is 2.20. The summed E-state index contributed by atoms with van der Waals surface area (Å²) in [5, 5.41) is 2.78. The van der Waals surface area contributed by atoms with E-state index in [4.69, 9.17) is 4.74 Å². The lowest BCUT2D eigenvalue weighted by Crippen LogP contribution is -2.27. The maximum atomic E-state index is 11.7. The molecule has 1 aromatic rings. The first kappa shape index (κ1) is 14.0. The number of rotatable bonds is 2. The van der Waals surface area contributed by atoms with E-state index >= 15 is 0 Å². The molecule has 0 bridgehead atoms. The van der Waals surface area contributed by atoms with E-state index in [-0.39, 0.29) is 0 Å². The fourth-order valence-electron chi connectivity index (χ4n) is 1.34. The molecule has 1 amide bonds. The van der Waals surface area contributed by atoms with Gasteiger partial charge >= 0.3 is 6.09 Å². The van der Waals surface area contributed by atoms with E-state index in [2.05, 4.69) is 23.5 Å². The van der Waals surface area contributed by atoms with Gasteiger partial charge in [0.1, 0.15) is 5.60 Å². The van der Waals surface area contributed by atoms with E-state index in [9.17, 15) is 4.79 Å². The topological polar surface area (TPSA) is 51.2 Å². The van der Waals surface area contributed by atoms with E-state index in [1.165, 1.54) is 11.5 Å². The number of nitrogens with zero attached hydrogens (tertiary/aromatic N) is 1. The highest BCUT2D eigenvalue weighted by molar-refractivity contribution is 7.06. The van der Waals surface area contributed by atoms with Crippen LogP contribution in [0.3, 0.4) is 0 Å². The summed E-state index contributed by atoms with van der Waals surface area (Å²) in [5.74, 6) is 0.339. The maximum absolute atomic E-state index is 11.7. The molecule has 17 heavy (non-hydrogen) atoms. The van der Waals surface area contributed by atoms with Crippen molar-refractivity contribution in [1.29, 1.82) is 0 Å². The van der Waals surface area contributed by atoms with Crippen LogP contribution in [-0.4, -0.2) is 16.1 Å². The second-order valence-electron chi connectivity index (χ2n) is 5.29. The molecule has 4 nitrogen and oxygen atoms in total. The highest BCUT2D eigenvalue weighted by atomic mass is 32.1. The van der Waals surface area contributed by atoms with Crippen molar-refractivity contribution in [2.75, 3.05) is 5.32 Å². The zero-order valence-corrected chi connectivity index (χ0v) is 12.1. The van der Waals surface area contributed by atoms with Crippen LogP contribution in [-0.2, 0) is 4.74 Å². The molecule has 96 valence electrons. The Morgan fingerprint density at radius 1 is 1.41 bits per heavy atom. The van der Waals surface area contributed by atoms with Gasteiger partial charge in [0.25, 0.3) is 0 Å². The highest BCUT2D eigenvalue weighted by Crippen LogP contribution is 2.31. The number of nitrogens with one attached hydrogen (secondary N) is 1. The lowest BCUT2D eigenvalue weighted by molar-refractivity contribution is 0.0635. The average Bonchev–Trinajstić information content (AvgIpc) is 2.44. The molecule has 0 aliphatic carbocycles. The molecule has 0 atom stereocenters. The van der Waals surface area contributed by atoms with Gasteiger partial charge in [0.15, 0.2) is 0 Å². The minimum Gasteiger partial charge on any atom is -0.444 e. The number of aromatic nitrogens is 1. The van der Waals surface area contributed by atoms with E-state index in [0.717, 1.165) is 16.3 Å². The zero-order valence-electron chi connectivity index (χ0n) is 11.2. The fourth-order valence-corrected chi connectivity index (χ4v) is 2.17. The number of carbonyl (C=O) groups is 1. The maximum Gasteiger partial charge on any atom is 0.412 e. The molecule has 0 spiro atoms. The SMILES string of the molecule is Cc1nsc(C(C)C)c1NC(=O)OC(C)(C)C. The molecule has 1 aromatic heterocycles. The molecule has 1 N–H and O–H groups in total. The van der Waals surface area contributed by atoms with Gasteiger partial charge in [-0.2, -0.15) is 4.37 Å². The first-order valence-electron chi connectivity index (χ1n) is 5.67. The van der Waals surface area contributed by atoms with Crippen molar-refractivity contribution in [1.82, 2.24) is 4.37 Å². The second kappa shape index (κ2) is 5.04. The van der Waals surface area contributed by atoms with Crippen LogP contribution in [0.5, 0.6) is 0 Å². The van der Waals surface area contributed by atoms with E-state index < -0.39 is 11.7 Å². The van der Waals surface area contributed by atoms with Gasteiger partial charge in [-0.3, -0.25) is 5.32 Å². The summed E-state index contributed by atoms with van der Waals surface area (Å²) >= 11 is 1.42. The summed E-state index contributed by atoms with van der Waals surface area (Å²) < 4.78 is 9.49. The van der Waals surface area contributed by atoms with Crippen LogP contribution in [0.1, 0.15) is 51.1 Å². The first-order chi connectivity index (χ1) is 7.70. The third kappa shape index (κ3) is 4.00. The van der Waals surface area contributed by atoms with Crippen LogP contribution in [0.2, 0.25) is 0 Å². The lowest BCUT2D eigenvalue weighted by atomic mass is 10.1. The number of anilines is 1. The van der Waals surface area contributed by atoms with Gasteiger partial charge in [-0.05, 0) is 45.1 Å². The Balaban J connectivity index is 2.81. The number of aryl methyl sites for hydroxylation is 1. The molecule has 1 rings (SSSR count). The summed E-state index contributed by atoms with van der Waals surface area (Å²) in [7, 11) is 0.